The van der Waals surface area contributed by atoms with Crippen molar-refractivity contribution in [3.63, 3.8) is 0 Å². The third-order valence-corrected chi connectivity index (χ3v) is 0. The Labute approximate surface area is 562 Å². The van der Waals surface area contributed by atoms with Crippen LogP contribution in [-0.2, 0) is 93.6 Å². The minimum Gasteiger partial charge on any atom is -0.264 e. The smallest absolute Gasteiger partial charge is 0.264 e. The highest BCUT2D eigenvalue weighted by Gasteiger charge is 1.88. The van der Waals surface area contributed by atoms with E-state index in [9.17, 15) is 0 Å². The molecule has 0 aliphatic carbocycles. The average Bonchev–Trinajstić information content (AvgIpc) is 2.26. The molecule has 0 aromatic heterocycles. The van der Waals surface area contributed by atoms with Crippen LogP contribution >= 0.6 is 0 Å². The summed E-state index contributed by atoms with van der Waals surface area (Å²) in [6.45, 7) is 0. The first-order chi connectivity index (χ1) is 18.0. The van der Waals surface area contributed by atoms with Crippen LogP contribution in [0.2, 0.25) is 0 Å². The zero-order valence-electron chi connectivity index (χ0n) is 19.1. The van der Waals surface area contributed by atoms with Crippen molar-refractivity contribution in [1.29, 1.82) is 0 Å². The summed E-state index contributed by atoms with van der Waals surface area (Å²) < 4.78 is 284. The SMILES string of the molecule is O=S(=O)(O)O.O=S(=O)(O)O.O=S(=O)(O)O.O=S(=O)(O)O.O=S(=O)(O)O.O=S(=O)(O)O.O=S(=O)(O)O.O=S(=O)(O)O.O=S(=O)(O)O.[MgH2].[MgH2].[MgH2].[MgH2].[MgH2].[MgH2].[MgH2].[MgH2].[MgH2].[MgH2].[MgH2].[MgH2].[MgH2].[MgH2]. The Balaban J connectivity index is -0.0000000114. The molecule has 59 heavy (non-hydrogen) atoms. The normalized spacial score (nSPS) is 8.85. The first-order valence-electron chi connectivity index (χ1n) is 6.29. The van der Waals surface area contributed by atoms with Crippen LogP contribution in [0.3, 0.4) is 0 Å². The maximum atomic E-state index is 8.74. The van der Waals surface area contributed by atoms with Crippen LogP contribution in [-0.4, -0.2) is 480 Å². The molecule has 0 radical (unpaired) electrons. The topological polar surface area (TPSA) is 671 Å². The van der Waals surface area contributed by atoms with Crippen LogP contribution in [0.5, 0.6) is 0 Å². The lowest BCUT2D eigenvalue weighted by molar-refractivity contribution is 0.378. The highest BCUT2D eigenvalue weighted by atomic mass is 32.3. The molecule has 0 saturated carbocycles. The van der Waals surface area contributed by atoms with Gasteiger partial charge in [-0.05, 0) is 0 Å². The van der Waals surface area contributed by atoms with Gasteiger partial charge in [-0.15, -0.1) is 0 Å². The van der Waals surface area contributed by atoms with Crippen LogP contribution in [0.15, 0.2) is 0 Å². The van der Waals surface area contributed by atoms with Gasteiger partial charge in [0.15, 0.2) is 0 Å². The fourth-order valence-electron chi connectivity index (χ4n) is 0. The van der Waals surface area contributed by atoms with Crippen LogP contribution < -0.4 is 0 Å². The molecule has 0 spiro atoms. The van der Waals surface area contributed by atoms with Crippen molar-refractivity contribution in [2.75, 3.05) is 0 Å². The first-order valence-corrected chi connectivity index (χ1v) is 18.9. The Morgan fingerprint density at radius 2 is 0.119 bits per heavy atom. The molecule has 0 fully saturated rings. The predicted molar refractivity (Wildman–Crippen MR) is 247 cm³/mol. The number of rotatable bonds is 0. The van der Waals surface area contributed by atoms with Gasteiger partial charge in [0.2, 0.25) is 0 Å². The predicted octanol–water partition coefficient (Wildman–Crippen LogP) is -18.7. The molecule has 0 aromatic rings. The highest BCUT2D eigenvalue weighted by Crippen LogP contribution is 1.62. The maximum Gasteiger partial charge on any atom is 0.394 e. The molecule has 0 saturated heterocycles. The zero-order chi connectivity index (χ0) is 40.5. The molecule has 0 bridgehead atoms. The van der Waals surface area contributed by atoms with E-state index in [1.54, 1.807) is 0 Å². The van der Waals surface area contributed by atoms with Gasteiger partial charge >= 0.3 is 416 Å². The van der Waals surface area contributed by atoms with E-state index >= 15 is 0 Å². The Bertz CT molecular complexity index is 1260. The molecular weight excluding hydrogens is 1200 g/mol. The molecule has 0 heterocycles. The van der Waals surface area contributed by atoms with Gasteiger partial charge in [0.25, 0.3) is 0 Å². The molecule has 344 valence electrons. The average molecular weight is 1250 g/mol. The van der Waals surface area contributed by atoms with Crippen LogP contribution in [0.4, 0.5) is 0 Å². The van der Waals surface area contributed by atoms with Gasteiger partial charge in [0.05, 0.1) is 0 Å². The lowest BCUT2D eigenvalue weighted by Crippen LogP contribution is -1.89. The first kappa shape index (κ1) is 151. The van der Waals surface area contributed by atoms with E-state index in [1.807, 2.05) is 0 Å². The van der Waals surface area contributed by atoms with Crippen molar-refractivity contribution in [3.8, 4) is 0 Å². The summed E-state index contributed by atoms with van der Waals surface area (Å²) in [7, 11) is -42.0. The molecule has 18 N–H and O–H groups in total. The molecule has 0 rings (SSSR count). The molecule has 0 aliphatic rings. The van der Waals surface area contributed by atoms with E-state index in [1.165, 1.54) is 0 Å². The lowest BCUT2D eigenvalue weighted by Gasteiger charge is -1.68. The second-order valence-corrected chi connectivity index (χ2v) is 12.1. The zero-order valence-corrected chi connectivity index (χ0v) is 26.4. The Hall–Kier alpha value is 9.56. The Kier molecular flexibility index (Phi) is 189. The molecule has 0 atom stereocenters. The summed E-state index contributed by atoms with van der Waals surface area (Å²) in [6, 6.07) is 0. The van der Waals surface area contributed by atoms with E-state index in [0.717, 1.165) is 0 Å². The second-order valence-electron chi connectivity index (χ2n) is 4.03. The van der Waals surface area contributed by atoms with Gasteiger partial charge in [-0.1, -0.05) is 0 Å². The van der Waals surface area contributed by atoms with Crippen molar-refractivity contribution < 1.29 is 158 Å². The fraction of sp³-hybridized carbons (Fsp3) is 0. The van der Waals surface area contributed by atoms with Crippen molar-refractivity contribution in [2.45, 2.75) is 0 Å². The van der Waals surface area contributed by atoms with Gasteiger partial charge in [0, 0.05) is 0 Å². The van der Waals surface area contributed by atoms with E-state index in [-0.39, 0.29) is 323 Å². The summed E-state index contributed by atoms with van der Waals surface area (Å²) in [5, 5.41) is 0. The molecule has 0 aliphatic heterocycles. The van der Waals surface area contributed by atoms with Crippen molar-refractivity contribution in [1.82, 2.24) is 0 Å². The van der Waals surface area contributed by atoms with Crippen molar-refractivity contribution in [2.24, 2.45) is 0 Å². The molecule has 59 heteroatoms. The minimum atomic E-state index is -4.67. The van der Waals surface area contributed by atoms with E-state index in [0.29, 0.717) is 0 Å². The van der Waals surface area contributed by atoms with Crippen molar-refractivity contribution >= 4 is 416 Å². The van der Waals surface area contributed by atoms with Gasteiger partial charge in [-0.3, -0.25) is 81.9 Å². The molecule has 0 aromatic carbocycles. The standard InChI is InChI=1S/14Mg.9H2O4S.28H/c;;;;;;;;;;;;;;9*1-5(2,3)4;;;;;;;;;;;;;;;;;;;;;;;;;;;;/h;;;;;;;;;;;;;;9*(H2,1,2,3,4);;;;;;;;;;;;;;;;;;;;;;;;;;;;. The van der Waals surface area contributed by atoms with E-state index in [4.69, 9.17) is 158 Å². The third kappa shape index (κ3) is 3180. The molecule has 36 nitrogen and oxygen atoms in total. The van der Waals surface area contributed by atoms with Gasteiger partial charge in [-0.2, -0.15) is 75.8 Å². The third-order valence-electron chi connectivity index (χ3n) is 0. The maximum absolute atomic E-state index is 8.74. The second kappa shape index (κ2) is 74.1. The highest BCUT2D eigenvalue weighted by molar-refractivity contribution is 7.81. The van der Waals surface area contributed by atoms with Crippen LogP contribution in [0.25, 0.3) is 0 Å². The quantitative estimate of drug-likeness (QED) is 0.0791. The van der Waals surface area contributed by atoms with Crippen LogP contribution in [0.1, 0.15) is 0 Å². The summed E-state index contributed by atoms with van der Waals surface area (Å²) in [5.74, 6) is 0. The van der Waals surface area contributed by atoms with E-state index < -0.39 is 93.6 Å². The summed E-state index contributed by atoms with van der Waals surface area (Å²) in [5.41, 5.74) is 0. The number of hydrogen-bond acceptors (Lipinski definition) is 18. The van der Waals surface area contributed by atoms with Gasteiger partial charge in [0.1, 0.15) is 0 Å². The molecule has 0 amide bonds. The fourth-order valence-corrected chi connectivity index (χ4v) is 0. The van der Waals surface area contributed by atoms with Crippen LogP contribution in [0, 0.1) is 0 Å². The molecule has 0 unspecified atom stereocenters. The summed E-state index contributed by atoms with van der Waals surface area (Å²) in [6.07, 6.45) is 0. The number of hydrogen-bond donors (Lipinski definition) is 18. The van der Waals surface area contributed by atoms with Gasteiger partial charge in [-0.25, -0.2) is 0 Å². The lowest BCUT2D eigenvalue weighted by atomic mass is 15.8. The van der Waals surface area contributed by atoms with E-state index in [2.05, 4.69) is 0 Å². The Morgan fingerprint density at radius 3 is 0.119 bits per heavy atom. The minimum absolute atomic E-state index is 0. The molecular formula is H46Mg14O36S9. The summed E-state index contributed by atoms with van der Waals surface area (Å²) >= 11 is 0. The van der Waals surface area contributed by atoms with Gasteiger partial charge < -0.3 is 0 Å². The monoisotopic (exact) mass is 1250 g/mol. The Morgan fingerprint density at radius 1 is 0.119 bits per heavy atom. The summed E-state index contributed by atoms with van der Waals surface area (Å²) in [4.78, 5) is 0. The largest absolute Gasteiger partial charge is 0.394 e. The van der Waals surface area contributed by atoms with Crippen molar-refractivity contribution in [3.05, 3.63) is 0 Å².